The maximum atomic E-state index is 13.2. The summed E-state index contributed by atoms with van der Waals surface area (Å²) >= 11 is 0. The molecule has 128 valence electrons. The number of rotatable bonds is 6. The number of benzene rings is 2. The molecule has 0 aliphatic carbocycles. The van der Waals surface area contributed by atoms with Crippen LogP contribution in [0.15, 0.2) is 53.4 Å². The van der Waals surface area contributed by atoms with Crippen LogP contribution in [0.4, 0.5) is 10.1 Å². The fourth-order valence-corrected chi connectivity index (χ4v) is 3.18. The predicted octanol–water partition coefficient (Wildman–Crippen LogP) is 2.30. The van der Waals surface area contributed by atoms with E-state index in [1.54, 1.807) is 42.3 Å². The van der Waals surface area contributed by atoms with Crippen molar-refractivity contribution in [3.63, 3.8) is 0 Å². The Kier molecular flexibility index (Phi) is 5.69. The number of nitrogens with one attached hydrogen (secondary N) is 1. The zero-order valence-electron chi connectivity index (χ0n) is 13.5. The lowest BCUT2D eigenvalue weighted by Gasteiger charge is -2.17. The van der Waals surface area contributed by atoms with Crippen LogP contribution in [0.25, 0.3) is 0 Å². The average molecular weight is 350 g/mol. The van der Waals surface area contributed by atoms with Gasteiger partial charge in [0.25, 0.3) is 0 Å². The van der Waals surface area contributed by atoms with Crippen molar-refractivity contribution < 1.29 is 17.6 Å². The van der Waals surface area contributed by atoms with Gasteiger partial charge in [0.1, 0.15) is 5.82 Å². The highest BCUT2D eigenvalue weighted by atomic mass is 32.2. The second-order valence-electron chi connectivity index (χ2n) is 5.62. The zero-order chi connectivity index (χ0) is 17.7. The summed E-state index contributed by atoms with van der Waals surface area (Å²) in [6, 6.07) is 12.4. The average Bonchev–Trinajstić information content (AvgIpc) is 2.46. The second-order valence-corrected chi connectivity index (χ2v) is 7.60. The van der Waals surface area contributed by atoms with Crippen LogP contribution < -0.4 is 5.32 Å². The van der Waals surface area contributed by atoms with Gasteiger partial charge in [-0.15, -0.1) is 0 Å². The lowest BCUT2D eigenvalue weighted by Crippen LogP contribution is -2.30. The topological polar surface area (TPSA) is 66.5 Å². The van der Waals surface area contributed by atoms with Gasteiger partial charge < -0.3 is 5.32 Å². The van der Waals surface area contributed by atoms with Crippen LogP contribution in [-0.4, -0.2) is 39.1 Å². The summed E-state index contributed by atoms with van der Waals surface area (Å²) in [5.41, 5.74) is 1.01. The maximum Gasteiger partial charge on any atom is 0.238 e. The van der Waals surface area contributed by atoms with Gasteiger partial charge in [-0.05, 0) is 36.9 Å². The summed E-state index contributed by atoms with van der Waals surface area (Å²) in [4.78, 5) is 13.9. The SMILES string of the molecule is CN(CC(=O)Nc1ccccc1S(C)(=O)=O)Cc1cccc(F)c1. The van der Waals surface area contributed by atoms with E-state index in [0.717, 1.165) is 11.8 Å². The number of likely N-dealkylation sites (N-methyl/N-ethyl adjacent to an activating group) is 1. The molecule has 0 spiro atoms. The Morgan fingerprint density at radius 1 is 1.17 bits per heavy atom. The molecule has 2 aromatic rings. The predicted molar refractivity (Wildman–Crippen MR) is 90.9 cm³/mol. The van der Waals surface area contributed by atoms with Crippen molar-refractivity contribution in [3.05, 3.63) is 59.9 Å². The van der Waals surface area contributed by atoms with E-state index < -0.39 is 9.84 Å². The zero-order valence-corrected chi connectivity index (χ0v) is 14.3. The minimum absolute atomic E-state index is 0.0502. The molecule has 7 heteroatoms. The second kappa shape index (κ2) is 7.55. The molecule has 0 aromatic heterocycles. The van der Waals surface area contributed by atoms with Crippen molar-refractivity contribution in [2.75, 3.05) is 25.2 Å². The number of hydrogen-bond donors (Lipinski definition) is 1. The van der Waals surface area contributed by atoms with Crippen LogP contribution in [0.1, 0.15) is 5.56 Å². The van der Waals surface area contributed by atoms with Gasteiger partial charge in [-0.2, -0.15) is 0 Å². The van der Waals surface area contributed by atoms with Crippen LogP contribution in [0.2, 0.25) is 0 Å². The van der Waals surface area contributed by atoms with Crippen molar-refractivity contribution in [1.82, 2.24) is 4.90 Å². The summed E-state index contributed by atoms with van der Waals surface area (Å²) < 4.78 is 36.6. The van der Waals surface area contributed by atoms with Gasteiger partial charge in [-0.3, -0.25) is 9.69 Å². The molecule has 1 amide bonds. The fourth-order valence-electron chi connectivity index (χ4n) is 2.33. The fraction of sp³-hybridized carbons (Fsp3) is 0.235. The quantitative estimate of drug-likeness (QED) is 0.868. The molecule has 0 bridgehead atoms. The summed E-state index contributed by atoms with van der Waals surface area (Å²) in [5, 5.41) is 2.61. The molecule has 2 aromatic carbocycles. The largest absolute Gasteiger partial charge is 0.324 e. The van der Waals surface area contributed by atoms with Gasteiger partial charge in [0.05, 0.1) is 17.1 Å². The number of halogens is 1. The van der Waals surface area contributed by atoms with Crippen LogP contribution in [0.3, 0.4) is 0 Å². The first kappa shape index (κ1) is 18.1. The summed E-state index contributed by atoms with van der Waals surface area (Å²) in [6.45, 7) is 0.452. The molecule has 5 nitrogen and oxygen atoms in total. The monoisotopic (exact) mass is 350 g/mol. The molecule has 0 saturated heterocycles. The normalized spacial score (nSPS) is 11.5. The highest BCUT2D eigenvalue weighted by Gasteiger charge is 2.15. The summed E-state index contributed by atoms with van der Waals surface area (Å²) in [6.07, 6.45) is 1.09. The van der Waals surface area contributed by atoms with Gasteiger partial charge in [0.2, 0.25) is 5.91 Å². The van der Waals surface area contributed by atoms with Crippen molar-refractivity contribution in [2.45, 2.75) is 11.4 Å². The van der Waals surface area contributed by atoms with Gasteiger partial charge in [0, 0.05) is 12.8 Å². The van der Waals surface area contributed by atoms with E-state index in [4.69, 9.17) is 0 Å². The third-order valence-electron chi connectivity index (χ3n) is 3.32. The van der Waals surface area contributed by atoms with E-state index in [0.29, 0.717) is 6.54 Å². The van der Waals surface area contributed by atoms with Crippen molar-refractivity contribution in [1.29, 1.82) is 0 Å². The van der Waals surface area contributed by atoms with E-state index >= 15 is 0 Å². The maximum absolute atomic E-state index is 13.2. The van der Waals surface area contributed by atoms with E-state index in [-0.39, 0.29) is 28.9 Å². The van der Waals surface area contributed by atoms with E-state index in [1.165, 1.54) is 18.2 Å². The molecule has 0 heterocycles. The van der Waals surface area contributed by atoms with E-state index in [1.807, 2.05) is 0 Å². The Labute approximate surface area is 141 Å². The lowest BCUT2D eigenvalue weighted by atomic mass is 10.2. The third-order valence-corrected chi connectivity index (χ3v) is 4.47. The highest BCUT2D eigenvalue weighted by molar-refractivity contribution is 7.90. The molecule has 0 saturated carbocycles. The highest BCUT2D eigenvalue weighted by Crippen LogP contribution is 2.20. The van der Waals surface area contributed by atoms with Crippen LogP contribution in [0.5, 0.6) is 0 Å². The number of carbonyl (C=O) groups is 1. The molecule has 0 fully saturated rings. The van der Waals surface area contributed by atoms with Crippen LogP contribution in [0, 0.1) is 5.82 Å². The minimum Gasteiger partial charge on any atom is -0.324 e. The molecule has 0 radical (unpaired) electrons. The van der Waals surface area contributed by atoms with Crippen LogP contribution in [-0.2, 0) is 21.2 Å². The van der Waals surface area contributed by atoms with Crippen molar-refractivity contribution >= 4 is 21.4 Å². The number of carbonyl (C=O) groups excluding carboxylic acids is 1. The molecular weight excluding hydrogens is 331 g/mol. The van der Waals surface area contributed by atoms with Gasteiger partial charge >= 0.3 is 0 Å². The van der Waals surface area contributed by atoms with Crippen LogP contribution >= 0.6 is 0 Å². The van der Waals surface area contributed by atoms with E-state index in [2.05, 4.69) is 5.32 Å². The number of sulfone groups is 1. The van der Waals surface area contributed by atoms with Gasteiger partial charge in [-0.1, -0.05) is 24.3 Å². The number of amides is 1. The van der Waals surface area contributed by atoms with Gasteiger partial charge in [0.15, 0.2) is 9.84 Å². The first-order valence-electron chi connectivity index (χ1n) is 7.27. The molecule has 24 heavy (non-hydrogen) atoms. The molecule has 0 aliphatic heterocycles. The minimum atomic E-state index is -3.43. The summed E-state index contributed by atoms with van der Waals surface area (Å²) in [7, 11) is -1.70. The number of para-hydroxylation sites is 1. The molecule has 2 rings (SSSR count). The molecule has 0 atom stereocenters. The Hall–Kier alpha value is -2.25. The standard InChI is InChI=1S/C17H19FN2O3S/c1-20(11-13-6-5-7-14(18)10-13)12-17(21)19-15-8-3-4-9-16(15)24(2,22)23/h3-10H,11-12H2,1-2H3,(H,19,21). The molecular formula is C17H19FN2O3S. The Balaban J connectivity index is 2.01. The van der Waals surface area contributed by atoms with E-state index in [9.17, 15) is 17.6 Å². The number of hydrogen-bond acceptors (Lipinski definition) is 4. The number of anilines is 1. The summed E-state index contributed by atoms with van der Waals surface area (Å²) in [5.74, 6) is -0.669. The van der Waals surface area contributed by atoms with Crippen molar-refractivity contribution in [3.8, 4) is 0 Å². The third kappa shape index (κ3) is 5.14. The molecule has 0 aliphatic rings. The van der Waals surface area contributed by atoms with Crippen molar-refractivity contribution in [2.24, 2.45) is 0 Å². The first-order chi connectivity index (χ1) is 11.3. The first-order valence-corrected chi connectivity index (χ1v) is 9.17. The Morgan fingerprint density at radius 2 is 1.88 bits per heavy atom. The smallest absolute Gasteiger partial charge is 0.238 e. The lowest BCUT2D eigenvalue weighted by molar-refractivity contribution is -0.117. The molecule has 1 N–H and O–H groups in total. The molecule has 0 unspecified atom stereocenters. The Morgan fingerprint density at radius 3 is 2.54 bits per heavy atom. The van der Waals surface area contributed by atoms with Gasteiger partial charge in [-0.25, -0.2) is 12.8 Å². The Bertz CT molecular complexity index is 837. The number of nitrogens with zero attached hydrogens (tertiary/aromatic N) is 1.